The molecular formula is C15H22O2S. The van der Waals surface area contributed by atoms with Gasteiger partial charge in [-0.05, 0) is 63.5 Å². The molecular weight excluding hydrogens is 244 g/mol. The van der Waals surface area contributed by atoms with Crippen LogP contribution in [0.25, 0.3) is 0 Å². The Morgan fingerprint density at radius 3 is 2.78 bits per heavy atom. The Hall–Kier alpha value is -0.380. The fourth-order valence-corrected chi connectivity index (χ4v) is 4.36. The highest BCUT2D eigenvalue weighted by atomic mass is 32.1. The molecule has 0 aromatic carbocycles. The van der Waals surface area contributed by atoms with Gasteiger partial charge in [-0.3, -0.25) is 0 Å². The van der Waals surface area contributed by atoms with E-state index in [1.54, 1.807) is 11.3 Å². The molecule has 0 amide bonds. The normalized spacial score (nSPS) is 28.1. The Balaban J connectivity index is 1.73. The molecule has 18 heavy (non-hydrogen) atoms. The van der Waals surface area contributed by atoms with Crippen LogP contribution in [0.2, 0.25) is 0 Å². The van der Waals surface area contributed by atoms with E-state index in [-0.39, 0.29) is 11.7 Å². The maximum absolute atomic E-state index is 10.6. The molecule has 1 aliphatic heterocycles. The van der Waals surface area contributed by atoms with Crippen molar-refractivity contribution in [2.75, 3.05) is 6.61 Å². The second kappa shape index (κ2) is 4.62. The third-order valence-electron chi connectivity index (χ3n) is 4.72. The Morgan fingerprint density at radius 1 is 1.44 bits per heavy atom. The lowest BCUT2D eigenvalue weighted by Crippen LogP contribution is -2.46. The molecule has 0 bridgehead atoms. The molecule has 1 spiro atoms. The van der Waals surface area contributed by atoms with Crippen molar-refractivity contribution in [1.29, 1.82) is 0 Å². The van der Waals surface area contributed by atoms with Crippen molar-refractivity contribution in [2.45, 2.75) is 57.7 Å². The number of hydrogen-bond donors (Lipinski definition) is 1. The van der Waals surface area contributed by atoms with Crippen molar-refractivity contribution < 1.29 is 9.84 Å². The van der Waals surface area contributed by atoms with Gasteiger partial charge in [0.1, 0.15) is 0 Å². The maximum Gasteiger partial charge on any atom is 0.0912 e. The van der Waals surface area contributed by atoms with Crippen molar-refractivity contribution in [2.24, 2.45) is 5.92 Å². The van der Waals surface area contributed by atoms with Crippen LogP contribution in [-0.4, -0.2) is 17.3 Å². The highest BCUT2D eigenvalue weighted by Crippen LogP contribution is 2.47. The van der Waals surface area contributed by atoms with Crippen molar-refractivity contribution in [3.8, 4) is 0 Å². The highest BCUT2D eigenvalue weighted by Gasteiger charge is 2.44. The Labute approximate surface area is 113 Å². The van der Waals surface area contributed by atoms with E-state index >= 15 is 0 Å². The molecule has 2 aliphatic rings. The second-order valence-electron chi connectivity index (χ2n) is 5.97. The first-order chi connectivity index (χ1) is 8.60. The van der Waals surface area contributed by atoms with Gasteiger partial charge in [0.05, 0.1) is 11.7 Å². The third kappa shape index (κ3) is 2.13. The number of thiophene rings is 1. The van der Waals surface area contributed by atoms with E-state index in [4.69, 9.17) is 4.74 Å². The number of aliphatic hydroxyl groups excluding tert-OH is 1. The van der Waals surface area contributed by atoms with Gasteiger partial charge in [0, 0.05) is 16.4 Å². The van der Waals surface area contributed by atoms with Crippen LogP contribution >= 0.6 is 11.3 Å². The lowest BCUT2D eigenvalue weighted by atomic mass is 9.70. The zero-order valence-electron chi connectivity index (χ0n) is 11.2. The Morgan fingerprint density at radius 2 is 2.22 bits per heavy atom. The molecule has 2 atom stereocenters. The van der Waals surface area contributed by atoms with Crippen LogP contribution in [0.4, 0.5) is 0 Å². The first-order valence-electron chi connectivity index (χ1n) is 6.99. The summed E-state index contributed by atoms with van der Waals surface area (Å²) in [6.07, 6.45) is 5.43. The summed E-state index contributed by atoms with van der Waals surface area (Å²) in [5.74, 6) is 0.386. The summed E-state index contributed by atoms with van der Waals surface area (Å²) in [4.78, 5) is 2.47. The monoisotopic (exact) mass is 266 g/mol. The van der Waals surface area contributed by atoms with E-state index in [0.717, 1.165) is 24.3 Å². The number of rotatable bonds is 2. The maximum atomic E-state index is 10.6. The predicted octanol–water partition coefficient (Wildman–Crippen LogP) is 3.75. The van der Waals surface area contributed by atoms with E-state index in [0.29, 0.717) is 5.92 Å². The summed E-state index contributed by atoms with van der Waals surface area (Å²) in [5.41, 5.74) is 1.44. The van der Waals surface area contributed by atoms with E-state index in [1.807, 2.05) is 0 Å². The largest absolute Gasteiger partial charge is 0.387 e. The molecule has 2 fully saturated rings. The van der Waals surface area contributed by atoms with E-state index in [2.05, 4.69) is 19.9 Å². The Bertz CT molecular complexity index is 414. The summed E-state index contributed by atoms with van der Waals surface area (Å²) in [5, 5.41) is 10.6. The third-order valence-corrected chi connectivity index (χ3v) is 5.94. The zero-order valence-corrected chi connectivity index (χ0v) is 12.1. The van der Waals surface area contributed by atoms with E-state index < -0.39 is 0 Å². The van der Waals surface area contributed by atoms with Gasteiger partial charge in [-0.1, -0.05) is 0 Å². The van der Waals surface area contributed by atoms with Crippen molar-refractivity contribution in [3.05, 3.63) is 21.4 Å². The summed E-state index contributed by atoms with van der Waals surface area (Å²) >= 11 is 1.75. The van der Waals surface area contributed by atoms with Crippen molar-refractivity contribution >= 4 is 11.3 Å². The Kier molecular flexibility index (Phi) is 3.25. The average Bonchev–Trinajstić information content (AvgIpc) is 2.67. The quantitative estimate of drug-likeness (QED) is 0.883. The van der Waals surface area contributed by atoms with Crippen LogP contribution in [0.15, 0.2) is 6.07 Å². The van der Waals surface area contributed by atoms with Gasteiger partial charge >= 0.3 is 0 Å². The van der Waals surface area contributed by atoms with E-state index in [1.165, 1.54) is 29.7 Å². The van der Waals surface area contributed by atoms with Crippen LogP contribution < -0.4 is 0 Å². The molecule has 3 heteroatoms. The minimum absolute atomic E-state index is 0.130. The highest BCUT2D eigenvalue weighted by molar-refractivity contribution is 7.12. The molecule has 1 saturated carbocycles. The van der Waals surface area contributed by atoms with Gasteiger partial charge in [-0.15, -0.1) is 11.3 Å². The smallest absolute Gasteiger partial charge is 0.0912 e. The molecule has 1 saturated heterocycles. The van der Waals surface area contributed by atoms with E-state index in [9.17, 15) is 5.11 Å². The van der Waals surface area contributed by atoms with Gasteiger partial charge < -0.3 is 9.84 Å². The molecule has 1 aromatic rings. The molecule has 1 aliphatic carbocycles. The minimum Gasteiger partial charge on any atom is -0.387 e. The average molecular weight is 266 g/mol. The summed E-state index contributed by atoms with van der Waals surface area (Å²) in [6.45, 7) is 5.08. The first-order valence-corrected chi connectivity index (χ1v) is 7.80. The topological polar surface area (TPSA) is 29.5 Å². The molecule has 2 nitrogen and oxygen atoms in total. The van der Waals surface area contributed by atoms with Crippen LogP contribution in [0.1, 0.15) is 53.5 Å². The molecule has 2 unspecified atom stereocenters. The molecule has 2 heterocycles. The van der Waals surface area contributed by atoms with Crippen molar-refractivity contribution in [3.63, 3.8) is 0 Å². The molecule has 3 rings (SSSR count). The van der Waals surface area contributed by atoms with Gasteiger partial charge in [-0.25, -0.2) is 0 Å². The van der Waals surface area contributed by atoms with Crippen LogP contribution in [0.5, 0.6) is 0 Å². The standard InChI is InChI=1S/C15H22O2S/c1-10-8-13(18-11(10)2)14(16)12-4-7-17-15(9-12)5-3-6-15/h8,12,14,16H,3-7,9H2,1-2H3. The zero-order chi connectivity index (χ0) is 12.8. The lowest BCUT2D eigenvalue weighted by molar-refractivity contribution is -0.157. The summed E-state index contributed by atoms with van der Waals surface area (Å²) in [7, 11) is 0. The lowest BCUT2D eigenvalue weighted by Gasteiger charge is -2.48. The molecule has 100 valence electrons. The first kappa shape index (κ1) is 12.6. The predicted molar refractivity (Wildman–Crippen MR) is 74.0 cm³/mol. The molecule has 1 N–H and O–H groups in total. The fourth-order valence-electron chi connectivity index (χ4n) is 3.23. The fraction of sp³-hybridized carbons (Fsp3) is 0.733. The number of aryl methyl sites for hydroxylation is 2. The van der Waals surface area contributed by atoms with Gasteiger partial charge in [0.25, 0.3) is 0 Å². The summed E-state index contributed by atoms with van der Waals surface area (Å²) < 4.78 is 5.94. The minimum atomic E-state index is -0.288. The van der Waals surface area contributed by atoms with Crippen molar-refractivity contribution in [1.82, 2.24) is 0 Å². The molecule has 0 radical (unpaired) electrons. The SMILES string of the molecule is Cc1cc(C(O)C2CCOC3(CCC3)C2)sc1C. The summed E-state index contributed by atoms with van der Waals surface area (Å²) in [6, 6.07) is 2.16. The van der Waals surface area contributed by atoms with Gasteiger partial charge in [-0.2, -0.15) is 0 Å². The van der Waals surface area contributed by atoms with Crippen LogP contribution in [0, 0.1) is 19.8 Å². The molecule has 1 aromatic heterocycles. The number of aliphatic hydroxyl groups is 1. The number of hydrogen-bond acceptors (Lipinski definition) is 3. The van der Waals surface area contributed by atoms with Gasteiger partial charge in [0.2, 0.25) is 0 Å². The van der Waals surface area contributed by atoms with Crippen LogP contribution in [-0.2, 0) is 4.74 Å². The number of ether oxygens (including phenoxy) is 1. The van der Waals surface area contributed by atoms with Gasteiger partial charge in [0.15, 0.2) is 0 Å². The second-order valence-corrected chi connectivity index (χ2v) is 7.26. The van der Waals surface area contributed by atoms with Crippen LogP contribution in [0.3, 0.4) is 0 Å².